The van der Waals surface area contributed by atoms with Crippen LogP contribution in [0.3, 0.4) is 0 Å². The second-order valence-corrected chi connectivity index (χ2v) is 5.74. The third-order valence-electron chi connectivity index (χ3n) is 4.05. The van der Waals surface area contributed by atoms with Gasteiger partial charge in [-0.3, -0.25) is 0 Å². The SMILES string of the molecule is CCCn1c(CC2(O)C=CCCC2)nc2ccccc21. The van der Waals surface area contributed by atoms with E-state index in [1.54, 1.807) is 0 Å². The van der Waals surface area contributed by atoms with Crippen LogP contribution in [-0.2, 0) is 13.0 Å². The maximum atomic E-state index is 10.7. The summed E-state index contributed by atoms with van der Waals surface area (Å²) in [6, 6.07) is 8.23. The van der Waals surface area contributed by atoms with Crippen molar-refractivity contribution in [1.82, 2.24) is 9.55 Å². The molecule has 1 unspecified atom stereocenters. The van der Waals surface area contributed by atoms with E-state index in [9.17, 15) is 5.11 Å². The van der Waals surface area contributed by atoms with Crippen LogP contribution < -0.4 is 0 Å². The summed E-state index contributed by atoms with van der Waals surface area (Å²) in [6.45, 7) is 3.13. The zero-order valence-corrected chi connectivity index (χ0v) is 12.0. The maximum Gasteiger partial charge on any atom is 0.113 e. The average Bonchev–Trinajstić information content (AvgIpc) is 2.77. The van der Waals surface area contributed by atoms with Gasteiger partial charge in [0.15, 0.2) is 0 Å². The highest BCUT2D eigenvalue weighted by Gasteiger charge is 2.28. The Morgan fingerprint density at radius 1 is 1.35 bits per heavy atom. The molecule has 0 radical (unpaired) electrons. The molecular formula is C17H22N2O. The summed E-state index contributed by atoms with van der Waals surface area (Å²) >= 11 is 0. The number of hydrogen-bond acceptors (Lipinski definition) is 2. The van der Waals surface area contributed by atoms with Crippen LogP contribution in [0, 0.1) is 0 Å². The molecule has 0 aliphatic heterocycles. The molecule has 1 aromatic heterocycles. The molecule has 1 heterocycles. The Bertz CT molecular complexity index is 629. The number of para-hydroxylation sites is 2. The van der Waals surface area contributed by atoms with E-state index in [1.807, 2.05) is 18.2 Å². The molecule has 0 bridgehead atoms. The third-order valence-corrected chi connectivity index (χ3v) is 4.05. The second kappa shape index (κ2) is 5.41. The first kappa shape index (κ1) is 13.4. The van der Waals surface area contributed by atoms with Crippen LogP contribution in [0.5, 0.6) is 0 Å². The minimum atomic E-state index is -0.717. The topological polar surface area (TPSA) is 38.0 Å². The molecule has 3 rings (SSSR count). The van der Waals surface area contributed by atoms with Crippen molar-refractivity contribution in [2.45, 2.75) is 51.2 Å². The predicted octanol–water partition coefficient (Wildman–Crippen LogP) is 3.46. The van der Waals surface area contributed by atoms with Crippen molar-refractivity contribution in [3.8, 4) is 0 Å². The normalized spacial score (nSPS) is 22.5. The first-order valence-corrected chi connectivity index (χ1v) is 7.56. The van der Waals surface area contributed by atoms with Gasteiger partial charge in [-0.1, -0.05) is 31.2 Å². The standard InChI is InChI=1S/C17H22N2O/c1-2-12-19-15-9-5-4-8-14(15)18-16(19)13-17(20)10-6-3-7-11-17/h4-6,8-10,20H,2-3,7,11-13H2,1H3. The first-order chi connectivity index (χ1) is 9.72. The molecule has 1 aliphatic rings. The van der Waals surface area contributed by atoms with Crippen molar-refractivity contribution < 1.29 is 5.11 Å². The number of nitrogens with zero attached hydrogens (tertiary/aromatic N) is 2. The summed E-state index contributed by atoms with van der Waals surface area (Å²) in [5, 5.41) is 10.7. The maximum absolute atomic E-state index is 10.7. The minimum Gasteiger partial charge on any atom is -0.385 e. The van der Waals surface area contributed by atoms with Gasteiger partial charge in [-0.25, -0.2) is 4.98 Å². The highest BCUT2D eigenvalue weighted by molar-refractivity contribution is 5.75. The minimum absolute atomic E-state index is 0.609. The van der Waals surface area contributed by atoms with Crippen molar-refractivity contribution in [2.24, 2.45) is 0 Å². The summed E-state index contributed by atoms with van der Waals surface area (Å²) in [7, 11) is 0. The van der Waals surface area contributed by atoms with E-state index in [0.717, 1.165) is 43.6 Å². The van der Waals surface area contributed by atoms with Gasteiger partial charge >= 0.3 is 0 Å². The largest absolute Gasteiger partial charge is 0.385 e. The summed E-state index contributed by atoms with van der Waals surface area (Å²) in [4.78, 5) is 4.74. The molecule has 1 aliphatic carbocycles. The van der Waals surface area contributed by atoms with Gasteiger partial charge in [0.1, 0.15) is 5.82 Å². The summed E-state index contributed by atoms with van der Waals surface area (Å²) in [5.41, 5.74) is 1.48. The highest BCUT2D eigenvalue weighted by atomic mass is 16.3. The van der Waals surface area contributed by atoms with E-state index in [2.05, 4.69) is 29.7 Å². The van der Waals surface area contributed by atoms with E-state index in [0.29, 0.717) is 6.42 Å². The third kappa shape index (κ3) is 2.50. The molecule has 0 saturated heterocycles. The smallest absolute Gasteiger partial charge is 0.113 e. The van der Waals surface area contributed by atoms with Crippen LogP contribution in [0.1, 0.15) is 38.4 Å². The summed E-state index contributed by atoms with van der Waals surface area (Å²) in [5.74, 6) is 1.00. The summed E-state index contributed by atoms with van der Waals surface area (Å²) in [6.07, 6.45) is 8.70. The van der Waals surface area contributed by atoms with E-state index in [-0.39, 0.29) is 0 Å². The highest BCUT2D eigenvalue weighted by Crippen LogP contribution is 2.27. The Balaban J connectivity index is 1.99. The van der Waals surface area contributed by atoms with E-state index >= 15 is 0 Å². The van der Waals surface area contributed by atoms with Gasteiger partial charge in [0.25, 0.3) is 0 Å². The number of aryl methyl sites for hydroxylation is 1. The number of aromatic nitrogens is 2. The molecule has 3 heteroatoms. The van der Waals surface area contributed by atoms with Crippen LogP contribution in [-0.4, -0.2) is 20.3 Å². The fraction of sp³-hybridized carbons (Fsp3) is 0.471. The molecule has 1 aromatic carbocycles. The van der Waals surface area contributed by atoms with E-state index < -0.39 is 5.60 Å². The summed E-state index contributed by atoms with van der Waals surface area (Å²) < 4.78 is 2.26. The number of hydrogen-bond donors (Lipinski definition) is 1. The van der Waals surface area contributed by atoms with Gasteiger partial charge in [-0.2, -0.15) is 0 Å². The second-order valence-electron chi connectivity index (χ2n) is 5.74. The Morgan fingerprint density at radius 3 is 2.95 bits per heavy atom. The molecule has 0 spiro atoms. The van der Waals surface area contributed by atoms with Crippen molar-refractivity contribution in [1.29, 1.82) is 0 Å². The molecule has 0 fully saturated rings. The van der Waals surface area contributed by atoms with Gasteiger partial charge in [0.05, 0.1) is 16.6 Å². The van der Waals surface area contributed by atoms with Crippen molar-refractivity contribution in [3.63, 3.8) is 0 Å². The fourth-order valence-corrected chi connectivity index (χ4v) is 3.07. The number of fused-ring (bicyclic) bond motifs is 1. The fourth-order valence-electron chi connectivity index (χ4n) is 3.07. The van der Waals surface area contributed by atoms with Gasteiger partial charge < -0.3 is 9.67 Å². The Morgan fingerprint density at radius 2 is 2.20 bits per heavy atom. The number of rotatable bonds is 4. The van der Waals surface area contributed by atoms with Crippen LogP contribution in [0.4, 0.5) is 0 Å². The van der Waals surface area contributed by atoms with Crippen LogP contribution in [0.2, 0.25) is 0 Å². The lowest BCUT2D eigenvalue weighted by Crippen LogP contribution is -2.31. The number of allylic oxidation sites excluding steroid dienone is 1. The first-order valence-electron chi connectivity index (χ1n) is 7.56. The van der Waals surface area contributed by atoms with Gasteiger partial charge in [0.2, 0.25) is 0 Å². The molecule has 1 N–H and O–H groups in total. The van der Waals surface area contributed by atoms with E-state index in [4.69, 9.17) is 4.98 Å². The Hall–Kier alpha value is -1.61. The quantitative estimate of drug-likeness (QED) is 0.864. The molecule has 20 heavy (non-hydrogen) atoms. The van der Waals surface area contributed by atoms with Crippen molar-refractivity contribution in [3.05, 3.63) is 42.2 Å². The lowest BCUT2D eigenvalue weighted by atomic mass is 9.88. The molecule has 106 valence electrons. The number of imidazole rings is 1. The lowest BCUT2D eigenvalue weighted by molar-refractivity contribution is 0.0722. The monoisotopic (exact) mass is 270 g/mol. The zero-order valence-electron chi connectivity index (χ0n) is 12.0. The molecule has 2 aromatic rings. The van der Waals surface area contributed by atoms with Crippen molar-refractivity contribution >= 4 is 11.0 Å². The molecule has 0 amide bonds. The molecule has 0 saturated carbocycles. The van der Waals surface area contributed by atoms with Crippen LogP contribution in [0.25, 0.3) is 11.0 Å². The van der Waals surface area contributed by atoms with Gasteiger partial charge in [-0.05, 0) is 37.8 Å². The zero-order chi connectivity index (χ0) is 14.0. The molecular weight excluding hydrogens is 248 g/mol. The van der Waals surface area contributed by atoms with Gasteiger partial charge in [-0.15, -0.1) is 0 Å². The molecule has 3 nitrogen and oxygen atoms in total. The Kier molecular flexibility index (Phi) is 3.62. The lowest BCUT2D eigenvalue weighted by Gasteiger charge is -2.27. The number of aliphatic hydroxyl groups is 1. The van der Waals surface area contributed by atoms with Crippen LogP contribution in [0.15, 0.2) is 36.4 Å². The number of benzene rings is 1. The van der Waals surface area contributed by atoms with Gasteiger partial charge in [0, 0.05) is 13.0 Å². The van der Waals surface area contributed by atoms with Crippen LogP contribution >= 0.6 is 0 Å². The van der Waals surface area contributed by atoms with Crippen molar-refractivity contribution in [2.75, 3.05) is 0 Å². The van der Waals surface area contributed by atoms with E-state index in [1.165, 1.54) is 5.52 Å². The molecule has 1 atom stereocenters. The average molecular weight is 270 g/mol. The predicted molar refractivity (Wildman–Crippen MR) is 81.7 cm³/mol. The Labute approximate surface area is 120 Å².